The first-order chi connectivity index (χ1) is 16.1. The zero-order valence-corrected chi connectivity index (χ0v) is 19.1. The van der Waals surface area contributed by atoms with Crippen LogP contribution in [-0.2, 0) is 35.2 Å². The Bertz CT molecular complexity index is 1260. The third-order valence-electron chi connectivity index (χ3n) is 4.86. The molecule has 35 heavy (non-hydrogen) atoms. The van der Waals surface area contributed by atoms with E-state index in [1.165, 1.54) is 18.2 Å². The Morgan fingerprint density at radius 1 is 1.09 bits per heavy atom. The highest BCUT2D eigenvalue weighted by molar-refractivity contribution is 7.59. The summed E-state index contributed by atoms with van der Waals surface area (Å²) >= 11 is 0. The molecule has 5 unspecified atom stereocenters. The van der Waals surface area contributed by atoms with Gasteiger partial charge >= 0.3 is 5.69 Å². The molecule has 2 heterocycles. The summed E-state index contributed by atoms with van der Waals surface area (Å²) in [5, 5.41) is 20.4. The summed E-state index contributed by atoms with van der Waals surface area (Å²) < 4.78 is 64.8. The van der Waals surface area contributed by atoms with Crippen LogP contribution in [0.15, 0.2) is 52.2 Å². The Kier molecular flexibility index (Phi) is 7.94. The van der Waals surface area contributed by atoms with Gasteiger partial charge in [0.15, 0.2) is 6.23 Å². The van der Waals surface area contributed by atoms with E-state index in [0.29, 0.717) is 4.57 Å². The number of phosphoric ester groups is 1. The number of benzene rings is 1. The number of nitrogens with zero attached hydrogens (tertiary/aromatic N) is 2. The molecule has 0 bridgehead atoms. The van der Waals surface area contributed by atoms with Gasteiger partial charge in [-0.15, -0.1) is 0 Å². The molecular weight excluding hydrogens is 524 g/mol. The molecule has 18 heteroatoms. The molecule has 3 N–H and O–H groups in total. The molecule has 194 valence electrons. The summed E-state index contributed by atoms with van der Waals surface area (Å²) in [6, 6.07) is 7.10. The van der Waals surface area contributed by atoms with Crippen molar-refractivity contribution < 1.29 is 56.4 Å². The van der Waals surface area contributed by atoms with Crippen molar-refractivity contribution in [2.75, 3.05) is 6.61 Å². The van der Waals surface area contributed by atoms with Crippen LogP contribution in [0.5, 0.6) is 0 Å². The van der Waals surface area contributed by atoms with Crippen LogP contribution in [0.25, 0.3) is 0 Å². The average Bonchev–Trinajstić information content (AvgIpc) is 3.03. The molecule has 14 nitrogen and oxygen atoms in total. The predicted molar refractivity (Wildman–Crippen MR) is 106 cm³/mol. The molecule has 1 aliphatic heterocycles. The van der Waals surface area contributed by atoms with Gasteiger partial charge in [0.25, 0.3) is 27.1 Å². The van der Waals surface area contributed by atoms with Crippen LogP contribution in [0.1, 0.15) is 11.8 Å². The molecule has 0 saturated carbocycles. The minimum absolute atomic E-state index is 0.187. The third-order valence-corrected chi connectivity index (χ3v) is 6.95. The van der Waals surface area contributed by atoms with Gasteiger partial charge in [-0.1, -0.05) is 30.3 Å². The number of ether oxygens (including phenoxy) is 1. The van der Waals surface area contributed by atoms with E-state index in [9.17, 15) is 47.5 Å². The zero-order chi connectivity index (χ0) is 26.2. The van der Waals surface area contributed by atoms with Gasteiger partial charge < -0.3 is 34.2 Å². The number of aromatic nitrogens is 2. The highest BCUT2D eigenvalue weighted by Gasteiger charge is 2.45. The molecule has 1 fully saturated rings. The molecule has 0 spiro atoms. The lowest BCUT2D eigenvalue weighted by atomic mass is 10.1. The zero-order valence-electron chi connectivity index (χ0n) is 17.3. The SMILES string of the molecule is O=c1ccn(C2OC(COP(=O)([O-])OP(=O)([O-])O)[C@H](O)C2O)c(=O)n1CC(F)(F)c1ccccc1. The Hall–Kier alpha value is -2.10. The van der Waals surface area contributed by atoms with E-state index in [2.05, 4.69) is 8.83 Å². The fourth-order valence-electron chi connectivity index (χ4n) is 3.25. The summed E-state index contributed by atoms with van der Waals surface area (Å²) in [5.41, 5.74) is -2.90. The molecule has 2 aromatic rings. The first-order valence-electron chi connectivity index (χ1n) is 9.59. The van der Waals surface area contributed by atoms with Crippen LogP contribution < -0.4 is 21.0 Å². The van der Waals surface area contributed by atoms with E-state index in [4.69, 9.17) is 9.63 Å². The van der Waals surface area contributed by atoms with Crippen molar-refractivity contribution in [2.45, 2.75) is 37.0 Å². The second kappa shape index (κ2) is 10.1. The topological polar surface area (TPSA) is 213 Å². The normalized spacial score (nSPS) is 26.3. The summed E-state index contributed by atoms with van der Waals surface area (Å²) in [6.07, 6.45) is -6.50. The number of phosphoric acid groups is 2. The fraction of sp³-hybridized carbons (Fsp3) is 0.412. The van der Waals surface area contributed by atoms with Crippen LogP contribution >= 0.6 is 15.6 Å². The van der Waals surface area contributed by atoms with E-state index >= 15 is 0 Å². The molecule has 3 rings (SSSR count). The molecule has 6 atom stereocenters. The molecule has 1 aromatic heterocycles. The van der Waals surface area contributed by atoms with Gasteiger partial charge in [0.05, 0.1) is 13.2 Å². The molecule has 0 amide bonds. The van der Waals surface area contributed by atoms with Crippen molar-refractivity contribution in [3.05, 3.63) is 69.0 Å². The summed E-state index contributed by atoms with van der Waals surface area (Å²) in [4.78, 5) is 55.4. The van der Waals surface area contributed by atoms with Gasteiger partial charge in [0, 0.05) is 17.8 Å². The lowest BCUT2D eigenvalue weighted by molar-refractivity contribution is -0.242. The van der Waals surface area contributed by atoms with Crippen molar-refractivity contribution in [1.29, 1.82) is 0 Å². The smallest absolute Gasteiger partial charge is 0.333 e. The Morgan fingerprint density at radius 3 is 2.31 bits per heavy atom. The van der Waals surface area contributed by atoms with Gasteiger partial charge in [-0.2, -0.15) is 8.78 Å². The number of hydrogen-bond donors (Lipinski definition) is 3. The largest absolute Gasteiger partial charge is 0.756 e. The van der Waals surface area contributed by atoms with Crippen LogP contribution in [0.2, 0.25) is 0 Å². The van der Waals surface area contributed by atoms with E-state index in [1.54, 1.807) is 0 Å². The Labute approximate surface area is 194 Å². The molecule has 0 radical (unpaired) electrons. The second-order valence-corrected chi connectivity index (χ2v) is 10.1. The minimum atomic E-state index is -5.73. The maximum atomic E-state index is 14.7. The highest BCUT2D eigenvalue weighted by Crippen LogP contribution is 2.52. The van der Waals surface area contributed by atoms with Crippen LogP contribution in [0.3, 0.4) is 0 Å². The van der Waals surface area contributed by atoms with Crippen molar-refractivity contribution in [1.82, 2.24) is 9.13 Å². The maximum absolute atomic E-state index is 14.7. The van der Waals surface area contributed by atoms with Crippen LogP contribution in [-0.4, -0.2) is 49.2 Å². The van der Waals surface area contributed by atoms with E-state index in [-0.39, 0.29) is 4.57 Å². The highest BCUT2D eigenvalue weighted by atomic mass is 31.3. The summed E-state index contributed by atoms with van der Waals surface area (Å²) in [5.74, 6) is -3.64. The van der Waals surface area contributed by atoms with Gasteiger partial charge in [-0.25, -0.2) is 9.11 Å². The van der Waals surface area contributed by atoms with Crippen LogP contribution in [0, 0.1) is 0 Å². The number of rotatable bonds is 9. The van der Waals surface area contributed by atoms with E-state index < -0.39 is 76.1 Å². The standard InChI is InChI=1S/C17H20F2N2O12P2/c18-17(19,10-4-2-1-3-5-10)9-21-12(22)6-7-20(16(21)25)15-14(24)13(23)11(32-15)8-31-35(29,30)33-34(26,27)28/h1-7,11,13-15,23-24H,8-9H2,(H,29,30)(H2,26,27,28)/p-2/t11?,13-,14?,15?/m0/s1. The first kappa shape index (κ1) is 27.5. The van der Waals surface area contributed by atoms with Crippen LogP contribution in [0.4, 0.5) is 8.78 Å². The summed E-state index contributed by atoms with van der Waals surface area (Å²) in [6.45, 7) is -2.49. The van der Waals surface area contributed by atoms with Crippen molar-refractivity contribution >= 4 is 15.6 Å². The van der Waals surface area contributed by atoms with Gasteiger partial charge in [0.2, 0.25) is 0 Å². The number of aliphatic hydroxyl groups excluding tert-OH is 2. The van der Waals surface area contributed by atoms with Gasteiger partial charge in [-0.3, -0.25) is 23.1 Å². The lowest BCUT2D eigenvalue weighted by Crippen LogP contribution is -2.45. The number of hydrogen-bond acceptors (Lipinski definition) is 11. The fourth-order valence-corrected chi connectivity index (χ4v) is 4.78. The molecular formula is C17H18F2N2O12P2-2. The third kappa shape index (κ3) is 6.57. The maximum Gasteiger partial charge on any atom is 0.333 e. The minimum Gasteiger partial charge on any atom is -0.756 e. The molecule has 1 saturated heterocycles. The quantitative estimate of drug-likeness (QED) is 0.305. The van der Waals surface area contributed by atoms with E-state index in [0.717, 1.165) is 24.4 Å². The number of aliphatic hydroxyl groups is 2. The van der Waals surface area contributed by atoms with Gasteiger partial charge in [-0.05, 0) is 0 Å². The average molecular weight is 542 g/mol. The lowest BCUT2D eigenvalue weighted by Gasteiger charge is -2.28. The molecule has 1 aromatic carbocycles. The van der Waals surface area contributed by atoms with Crippen molar-refractivity contribution in [2.24, 2.45) is 0 Å². The number of halogens is 2. The first-order valence-corrected chi connectivity index (χ1v) is 12.5. The summed E-state index contributed by atoms with van der Waals surface area (Å²) in [7, 11) is -11.4. The molecule has 1 aliphatic rings. The monoisotopic (exact) mass is 542 g/mol. The second-order valence-electron chi connectivity index (χ2n) is 7.34. The Morgan fingerprint density at radius 2 is 1.71 bits per heavy atom. The Balaban J connectivity index is 1.82. The number of alkyl halides is 2. The van der Waals surface area contributed by atoms with Gasteiger partial charge in [0.1, 0.15) is 18.3 Å². The van der Waals surface area contributed by atoms with Crippen molar-refractivity contribution in [3.8, 4) is 0 Å². The predicted octanol–water partition coefficient (Wildman–Crippen LogP) is -1.62. The van der Waals surface area contributed by atoms with E-state index in [1.807, 2.05) is 0 Å². The molecule has 0 aliphatic carbocycles. The van der Waals surface area contributed by atoms with Crippen molar-refractivity contribution in [3.63, 3.8) is 0 Å².